The lowest BCUT2D eigenvalue weighted by atomic mass is 10.2. The molecule has 0 aromatic heterocycles. The predicted octanol–water partition coefficient (Wildman–Crippen LogP) is 1.84. The number of thiocarbonyl (C=S) groups is 1. The van der Waals surface area contributed by atoms with Crippen molar-refractivity contribution in [3.63, 3.8) is 0 Å². The molecule has 2 N–H and O–H groups in total. The number of benzene rings is 1. The van der Waals surface area contributed by atoms with Gasteiger partial charge in [0.05, 0.1) is 12.8 Å². The highest BCUT2D eigenvalue weighted by atomic mass is 32.1. The summed E-state index contributed by atoms with van der Waals surface area (Å²) in [7, 11) is 1.58. The number of rotatable bonds is 2. The SMILES string of the molecule is COc1cc(C)ccc1NC(=S)NC(C)=O. The van der Waals surface area contributed by atoms with Crippen LogP contribution in [0.25, 0.3) is 0 Å². The lowest BCUT2D eigenvalue weighted by molar-refractivity contribution is -0.117. The van der Waals surface area contributed by atoms with Crippen molar-refractivity contribution in [2.75, 3.05) is 12.4 Å². The molecule has 0 saturated carbocycles. The summed E-state index contributed by atoms with van der Waals surface area (Å²) in [6, 6.07) is 5.67. The minimum atomic E-state index is -0.205. The van der Waals surface area contributed by atoms with Gasteiger partial charge in [0.1, 0.15) is 5.75 Å². The Bertz CT molecular complexity index is 418. The monoisotopic (exact) mass is 238 g/mol. The summed E-state index contributed by atoms with van der Waals surface area (Å²) in [6.45, 7) is 3.37. The predicted molar refractivity (Wildman–Crippen MR) is 67.8 cm³/mol. The van der Waals surface area contributed by atoms with Crippen molar-refractivity contribution in [2.45, 2.75) is 13.8 Å². The largest absolute Gasteiger partial charge is 0.495 e. The molecule has 16 heavy (non-hydrogen) atoms. The van der Waals surface area contributed by atoms with E-state index in [2.05, 4.69) is 10.6 Å². The molecule has 0 aliphatic rings. The molecule has 0 atom stereocenters. The summed E-state index contributed by atoms with van der Waals surface area (Å²) in [5.41, 5.74) is 1.82. The van der Waals surface area contributed by atoms with Crippen LogP contribution >= 0.6 is 12.2 Å². The smallest absolute Gasteiger partial charge is 0.222 e. The second-order valence-electron chi connectivity index (χ2n) is 3.34. The van der Waals surface area contributed by atoms with Gasteiger partial charge in [0, 0.05) is 6.92 Å². The molecule has 0 bridgehead atoms. The molecular weight excluding hydrogens is 224 g/mol. The molecule has 0 unspecified atom stereocenters. The number of aryl methyl sites for hydroxylation is 1. The van der Waals surface area contributed by atoms with E-state index in [-0.39, 0.29) is 11.0 Å². The van der Waals surface area contributed by atoms with Crippen LogP contribution in [-0.2, 0) is 4.79 Å². The minimum Gasteiger partial charge on any atom is -0.495 e. The number of carbonyl (C=O) groups excluding carboxylic acids is 1. The number of amides is 1. The van der Waals surface area contributed by atoms with E-state index in [4.69, 9.17) is 17.0 Å². The van der Waals surface area contributed by atoms with E-state index in [0.717, 1.165) is 11.3 Å². The molecule has 1 rings (SSSR count). The molecule has 0 saturated heterocycles. The van der Waals surface area contributed by atoms with Crippen molar-refractivity contribution in [3.8, 4) is 5.75 Å². The number of ether oxygens (including phenoxy) is 1. The second-order valence-corrected chi connectivity index (χ2v) is 3.75. The minimum absolute atomic E-state index is 0.205. The number of anilines is 1. The van der Waals surface area contributed by atoms with Gasteiger partial charge in [0.25, 0.3) is 0 Å². The summed E-state index contributed by atoms with van der Waals surface area (Å²) in [6.07, 6.45) is 0. The maximum Gasteiger partial charge on any atom is 0.222 e. The Hall–Kier alpha value is -1.62. The first-order chi connectivity index (χ1) is 7.52. The zero-order valence-electron chi connectivity index (χ0n) is 9.46. The van der Waals surface area contributed by atoms with Gasteiger partial charge in [-0.2, -0.15) is 0 Å². The van der Waals surface area contributed by atoms with Gasteiger partial charge in [-0.25, -0.2) is 0 Å². The van der Waals surface area contributed by atoms with Crippen molar-refractivity contribution >= 4 is 28.9 Å². The molecule has 0 aliphatic heterocycles. The number of nitrogens with one attached hydrogen (secondary N) is 2. The van der Waals surface area contributed by atoms with Crippen LogP contribution in [0.1, 0.15) is 12.5 Å². The molecule has 0 aliphatic carbocycles. The van der Waals surface area contributed by atoms with Crippen LogP contribution in [-0.4, -0.2) is 18.1 Å². The van der Waals surface area contributed by atoms with Crippen LogP contribution in [0.2, 0.25) is 0 Å². The first kappa shape index (κ1) is 12.4. The molecule has 0 fully saturated rings. The topological polar surface area (TPSA) is 50.4 Å². The van der Waals surface area contributed by atoms with Crippen LogP contribution in [0.15, 0.2) is 18.2 Å². The fourth-order valence-electron chi connectivity index (χ4n) is 1.22. The third-order valence-corrected chi connectivity index (χ3v) is 2.10. The number of hydrogen-bond donors (Lipinski definition) is 2. The quantitative estimate of drug-likeness (QED) is 0.772. The number of methoxy groups -OCH3 is 1. The molecule has 4 nitrogen and oxygen atoms in total. The lowest BCUT2D eigenvalue weighted by Crippen LogP contribution is -2.32. The molecule has 0 spiro atoms. The van der Waals surface area contributed by atoms with Gasteiger partial charge in [-0.15, -0.1) is 0 Å². The van der Waals surface area contributed by atoms with E-state index in [9.17, 15) is 4.79 Å². The molecular formula is C11H14N2O2S. The maximum absolute atomic E-state index is 10.8. The Morgan fingerprint density at radius 3 is 2.69 bits per heavy atom. The highest BCUT2D eigenvalue weighted by Gasteiger charge is 2.05. The summed E-state index contributed by atoms with van der Waals surface area (Å²) in [5.74, 6) is 0.483. The van der Waals surface area contributed by atoms with E-state index >= 15 is 0 Å². The zero-order chi connectivity index (χ0) is 12.1. The van der Waals surface area contributed by atoms with Crippen molar-refractivity contribution in [2.24, 2.45) is 0 Å². The lowest BCUT2D eigenvalue weighted by Gasteiger charge is -2.12. The summed E-state index contributed by atoms with van der Waals surface area (Å²) >= 11 is 4.95. The first-order valence-corrected chi connectivity index (χ1v) is 5.17. The van der Waals surface area contributed by atoms with Gasteiger partial charge < -0.3 is 15.4 Å². The van der Waals surface area contributed by atoms with E-state index in [1.54, 1.807) is 7.11 Å². The average molecular weight is 238 g/mol. The maximum atomic E-state index is 10.8. The van der Waals surface area contributed by atoms with Gasteiger partial charge >= 0.3 is 0 Å². The average Bonchev–Trinajstić information content (AvgIpc) is 2.19. The fraction of sp³-hybridized carbons (Fsp3) is 0.273. The Kier molecular flexibility index (Phi) is 4.25. The van der Waals surface area contributed by atoms with E-state index in [1.807, 2.05) is 25.1 Å². The Labute approximate surface area is 100.0 Å². The van der Waals surface area contributed by atoms with E-state index in [1.165, 1.54) is 6.92 Å². The number of carbonyl (C=O) groups is 1. The summed E-state index contributed by atoms with van der Waals surface area (Å²) in [4.78, 5) is 10.8. The summed E-state index contributed by atoms with van der Waals surface area (Å²) in [5, 5.41) is 5.64. The van der Waals surface area contributed by atoms with Crippen LogP contribution in [0.3, 0.4) is 0 Å². The van der Waals surface area contributed by atoms with Gasteiger partial charge in [0.15, 0.2) is 5.11 Å². The van der Waals surface area contributed by atoms with Gasteiger partial charge in [-0.1, -0.05) is 6.07 Å². The third kappa shape index (κ3) is 3.51. The zero-order valence-corrected chi connectivity index (χ0v) is 10.3. The van der Waals surface area contributed by atoms with E-state index < -0.39 is 0 Å². The first-order valence-electron chi connectivity index (χ1n) is 4.76. The Balaban J connectivity index is 2.80. The van der Waals surface area contributed by atoms with E-state index in [0.29, 0.717) is 5.75 Å². The second kappa shape index (κ2) is 5.46. The van der Waals surface area contributed by atoms with Gasteiger partial charge in [0.2, 0.25) is 5.91 Å². The molecule has 1 aromatic rings. The normalized spacial score (nSPS) is 9.44. The van der Waals surface area contributed by atoms with Crippen LogP contribution in [0, 0.1) is 6.92 Å². The van der Waals surface area contributed by atoms with Gasteiger partial charge in [-0.3, -0.25) is 4.79 Å². The highest BCUT2D eigenvalue weighted by Crippen LogP contribution is 2.24. The van der Waals surface area contributed by atoms with Crippen molar-refractivity contribution < 1.29 is 9.53 Å². The third-order valence-electron chi connectivity index (χ3n) is 1.89. The molecule has 0 radical (unpaired) electrons. The highest BCUT2D eigenvalue weighted by molar-refractivity contribution is 7.80. The van der Waals surface area contributed by atoms with Crippen molar-refractivity contribution in [1.29, 1.82) is 0 Å². The van der Waals surface area contributed by atoms with Crippen molar-refractivity contribution in [3.05, 3.63) is 23.8 Å². The van der Waals surface area contributed by atoms with Crippen LogP contribution in [0.4, 0.5) is 5.69 Å². The summed E-state index contributed by atoms with van der Waals surface area (Å²) < 4.78 is 5.20. The molecule has 5 heteroatoms. The number of hydrogen-bond acceptors (Lipinski definition) is 3. The van der Waals surface area contributed by atoms with Crippen LogP contribution in [0.5, 0.6) is 5.75 Å². The Morgan fingerprint density at radius 2 is 2.12 bits per heavy atom. The molecule has 1 amide bonds. The Morgan fingerprint density at radius 1 is 1.44 bits per heavy atom. The molecule has 86 valence electrons. The standard InChI is InChI=1S/C11H14N2O2S/c1-7-4-5-9(10(6-7)15-3)13-11(16)12-8(2)14/h4-6H,1-3H3,(H2,12,13,14,16). The fourth-order valence-corrected chi connectivity index (χ4v) is 1.47. The van der Waals surface area contributed by atoms with Crippen molar-refractivity contribution in [1.82, 2.24) is 5.32 Å². The van der Waals surface area contributed by atoms with Gasteiger partial charge in [-0.05, 0) is 36.8 Å². The molecule has 1 aromatic carbocycles. The van der Waals surface area contributed by atoms with Crippen LogP contribution < -0.4 is 15.4 Å². The molecule has 0 heterocycles.